The highest BCUT2D eigenvalue weighted by atomic mass is 16.1. The van der Waals surface area contributed by atoms with Crippen molar-refractivity contribution in [1.82, 2.24) is 15.0 Å². The standard InChI is InChI=1S/C10H12N4O/c1-6-4-7-5-11-10(14(2)3)13-8(7)12-9(6)15/h4-5H,1-3H3,(H,11,12,13,15). The van der Waals surface area contributed by atoms with Crippen LogP contribution in [0, 0.1) is 6.92 Å². The number of aryl methyl sites for hydroxylation is 1. The van der Waals surface area contributed by atoms with Crippen molar-refractivity contribution in [2.24, 2.45) is 0 Å². The Hall–Kier alpha value is -1.91. The van der Waals surface area contributed by atoms with Gasteiger partial charge >= 0.3 is 0 Å². The predicted octanol–water partition coefficient (Wildman–Crippen LogP) is 0.693. The van der Waals surface area contributed by atoms with Gasteiger partial charge in [-0.05, 0) is 13.0 Å². The maximum atomic E-state index is 11.4. The van der Waals surface area contributed by atoms with Gasteiger partial charge in [-0.15, -0.1) is 0 Å². The number of nitrogens with one attached hydrogen (secondary N) is 1. The average molecular weight is 204 g/mol. The molecule has 0 saturated heterocycles. The van der Waals surface area contributed by atoms with Gasteiger partial charge in [0.05, 0.1) is 0 Å². The minimum Gasteiger partial charge on any atom is -0.347 e. The average Bonchev–Trinajstić information content (AvgIpc) is 2.19. The van der Waals surface area contributed by atoms with Gasteiger partial charge in [0.2, 0.25) is 5.95 Å². The molecule has 0 atom stereocenters. The first-order valence-electron chi connectivity index (χ1n) is 4.62. The summed E-state index contributed by atoms with van der Waals surface area (Å²) in [5, 5.41) is 0.845. The van der Waals surface area contributed by atoms with Crippen LogP contribution in [-0.2, 0) is 0 Å². The summed E-state index contributed by atoms with van der Waals surface area (Å²) in [7, 11) is 3.71. The van der Waals surface area contributed by atoms with Crippen LogP contribution in [0.15, 0.2) is 17.1 Å². The maximum absolute atomic E-state index is 11.4. The first-order chi connectivity index (χ1) is 7.08. The molecule has 0 saturated carbocycles. The van der Waals surface area contributed by atoms with E-state index in [4.69, 9.17) is 0 Å². The van der Waals surface area contributed by atoms with Crippen LogP contribution in [0.2, 0.25) is 0 Å². The number of nitrogens with zero attached hydrogens (tertiary/aromatic N) is 3. The number of aromatic nitrogens is 3. The molecule has 5 heteroatoms. The molecule has 0 aliphatic carbocycles. The molecule has 5 nitrogen and oxygen atoms in total. The van der Waals surface area contributed by atoms with Gasteiger partial charge in [0.1, 0.15) is 5.65 Å². The van der Waals surface area contributed by atoms with Gasteiger partial charge in [-0.1, -0.05) is 0 Å². The molecule has 2 heterocycles. The molecule has 78 valence electrons. The van der Waals surface area contributed by atoms with E-state index in [0.717, 1.165) is 5.39 Å². The Balaban J connectivity index is 2.72. The van der Waals surface area contributed by atoms with Crippen LogP contribution < -0.4 is 10.5 Å². The lowest BCUT2D eigenvalue weighted by Gasteiger charge is -2.09. The van der Waals surface area contributed by atoms with E-state index in [1.807, 2.05) is 14.1 Å². The number of anilines is 1. The monoisotopic (exact) mass is 204 g/mol. The van der Waals surface area contributed by atoms with Crippen molar-refractivity contribution in [1.29, 1.82) is 0 Å². The third kappa shape index (κ3) is 1.68. The Bertz CT molecular complexity index is 559. The maximum Gasteiger partial charge on any atom is 0.252 e. The van der Waals surface area contributed by atoms with Crippen molar-refractivity contribution < 1.29 is 0 Å². The highest BCUT2D eigenvalue weighted by Gasteiger charge is 2.03. The summed E-state index contributed by atoms with van der Waals surface area (Å²) in [6, 6.07) is 1.79. The zero-order chi connectivity index (χ0) is 11.0. The molecule has 0 fully saturated rings. The number of fused-ring (bicyclic) bond motifs is 1. The van der Waals surface area contributed by atoms with Crippen LogP contribution in [0.1, 0.15) is 5.56 Å². The molecule has 0 aliphatic heterocycles. The fourth-order valence-corrected chi connectivity index (χ4v) is 1.31. The Kier molecular flexibility index (Phi) is 2.15. The third-order valence-corrected chi connectivity index (χ3v) is 2.17. The predicted molar refractivity (Wildman–Crippen MR) is 59.2 cm³/mol. The SMILES string of the molecule is Cc1cc2cnc(N(C)C)nc2[nH]c1=O. The van der Waals surface area contributed by atoms with Crippen LogP contribution in [0.3, 0.4) is 0 Å². The van der Waals surface area contributed by atoms with Crippen LogP contribution in [-0.4, -0.2) is 29.0 Å². The molecule has 15 heavy (non-hydrogen) atoms. The van der Waals surface area contributed by atoms with Crippen LogP contribution in [0.5, 0.6) is 0 Å². The van der Waals surface area contributed by atoms with Crippen molar-refractivity contribution in [2.75, 3.05) is 19.0 Å². The normalized spacial score (nSPS) is 10.6. The fraction of sp³-hybridized carbons (Fsp3) is 0.300. The van der Waals surface area contributed by atoms with Crippen LogP contribution in [0.4, 0.5) is 5.95 Å². The van der Waals surface area contributed by atoms with Gasteiger partial charge in [-0.2, -0.15) is 4.98 Å². The summed E-state index contributed by atoms with van der Waals surface area (Å²) in [6.45, 7) is 1.76. The number of hydrogen-bond acceptors (Lipinski definition) is 4. The van der Waals surface area contributed by atoms with Crippen LogP contribution >= 0.6 is 0 Å². The van der Waals surface area contributed by atoms with E-state index in [1.54, 1.807) is 24.1 Å². The van der Waals surface area contributed by atoms with Gasteiger partial charge in [0, 0.05) is 31.2 Å². The molecule has 2 aromatic rings. The Morgan fingerprint density at radius 3 is 2.80 bits per heavy atom. The Morgan fingerprint density at radius 2 is 2.13 bits per heavy atom. The molecule has 2 aromatic heterocycles. The molecule has 0 unspecified atom stereocenters. The Labute approximate surface area is 86.8 Å². The molecule has 0 radical (unpaired) electrons. The summed E-state index contributed by atoms with van der Waals surface area (Å²) in [6.07, 6.45) is 1.71. The summed E-state index contributed by atoms with van der Waals surface area (Å²) in [5.74, 6) is 0.585. The van der Waals surface area contributed by atoms with E-state index in [0.29, 0.717) is 17.2 Å². The van der Waals surface area contributed by atoms with E-state index >= 15 is 0 Å². The van der Waals surface area contributed by atoms with Crippen molar-refractivity contribution >= 4 is 17.0 Å². The quantitative estimate of drug-likeness (QED) is 0.742. The number of H-pyrrole nitrogens is 1. The molecule has 0 bridgehead atoms. The summed E-state index contributed by atoms with van der Waals surface area (Å²) in [5.41, 5.74) is 1.14. The van der Waals surface area contributed by atoms with Gasteiger partial charge in [0.15, 0.2) is 0 Å². The van der Waals surface area contributed by atoms with E-state index in [2.05, 4.69) is 15.0 Å². The largest absolute Gasteiger partial charge is 0.347 e. The zero-order valence-corrected chi connectivity index (χ0v) is 8.90. The van der Waals surface area contributed by atoms with Gasteiger partial charge < -0.3 is 9.88 Å². The number of rotatable bonds is 1. The highest BCUT2D eigenvalue weighted by molar-refractivity contribution is 5.75. The zero-order valence-electron chi connectivity index (χ0n) is 8.90. The first kappa shape index (κ1) is 9.64. The summed E-state index contributed by atoms with van der Waals surface area (Å²) in [4.78, 5) is 24.3. The molecular formula is C10H12N4O. The molecule has 1 N–H and O–H groups in total. The topological polar surface area (TPSA) is 61.9 Å². The molecule has 2 rings (SSSR count). The third-order valence-electron chi connectivity index (χ3n) is 2.17. The number of aromatic amines is 1. The number of pyridine rings is 1. The lowest BCUT2D eigenvalue weighted by atomic mass is 10.2. The lowest BCUT2D eigenvalue weighted by Crippen LogP contribution is -2.14. The molecule has 0 spiro atoms. The van der Waals surface area contributed by atoms with E-state index in [9.17, 15) is 4.79 Å². The summed E-state index contributed by atoms with van der Waals surface area (Å²) >= 11 is 0. The van der Waals surface area contributed by atoms with Gasteiger partial charge in [-0.3, -0.25) is 4.79 Å². The van der Waals surface area contributed by atoms with E-state index < -0.39 is 0 Å². The first-order valence-corrected chi connectivity index (χ1v) is 4.62. The van der Waals surface area contributed by atoms with Crippen molar-refractivity contribution in [3.63, 3.8) is 0 Å². The molecule has 0 aromatic carbocycles. The van der Waals surface area contributed by atoms with Gasteiger partial charge in [-0.25, -0.2) is 4.98 Å². The van der Waals surface area contributed by atoms with Crippen LogP contribution in [0.25, 0.3) is 11.0 Å². The second kappa shape index (κ2) is 3.34. The minimum absolute atomic E-state index is 0.106. The van der Waals surface area contributed by atoms with Crippen molar-refractivity contribution in [3.8, 4) is 0 Å². The molecule has 0 amide bonds. The Morgan fingerprint density at radius 1 is 1.40 bits per heavy atom. The van der Waals surface area contributed by atoms with Crippen molar-refractivity contribution in [3.05, 3.63) is 28.2 Å². The second-order valence-corrected chi connectivity index (χ2v) is 3.65. The van der Waals surface area contributed by atoms with E-state index in [-0.39, 0.29) is 5.56 Å². The minimum atomic E-state index is -0.106. The lowest BCUT2D eigenvalue weighted by molar-refractivity contribution is 1.00. The smallest absolute Gasteiger partial charge is 0.252 e. The highest BCUT2D eigenvalue weighted by Crippen LogP contribution is 2.10. The number of hydrogen-bond donors (Lipinski definition) is 1. The van der Waals surface area contributed by atoms with Gasteiger partial charge in [0.25, 0.3) is 5.56 Å². The molecule has 0 aliphatic rings. The van der Waals surface area contributed by atoms with Crippen molar-refractivity contribution in [2.45, 2.75) is 6.92 Å². The fourth-order valence-electron chi connectivity index (χ4n) is 1.31. The molecular weight excluding hydrogens is 192 g/mol. The second-order valence-electron chi connectivity index (χ2n) is 3.65. The summed E-state index contributed by atoms with van der Waals surface area (Å²) < 4.78 is 0. The van der Waals surface area contributed by atoms with E-state index in [1.165, 1.54) is 0 Å².